The van der Waals surface area contributed by atoms with Gasteiger partial charge in [0.25, 0.3) is 0 Å². The number of hydrogen-bond donors (Lipinski definition) is 1. The smallest absolute Gasteiger partial charge is 0.335 e. The minimum Gasteiger partial charge on any atom is -0.478 e. The maximum absolute atomic E-state index is 14.7. The van der Waals surface area contributed by atoms with E-state index in [4.69, 9.17) is 0 Å². The van der Waals surface area contributed by atoms with Crippen LogP contribution < -0.4 is 0 Å². The van der Waals surface area contributed by atoms with Gasteiger partial charge in [-0.15, -0.1) is 0 Å². The highest BCUT2D eigenvalue weighted by Crippen LogP contribution is 2.43. The summed E-state index contributed by atoms with van der Waals surface area (Å²) in [4.78, 5) is 14.1. The van der Waals surface area contributed by atoms with Crippen molar-refractivity contribution in [1.29, 1.82) is 0 Å². The third kappa shape index (κ3) is 5.49. The summed E-state index contributed by atoms with van der Waals surface area (Å²) in [7, 11) is 0. The fraction of sp³-hybridized carbons (Fsp3) is 0.400. The topological polar surface area (TPSA) is 40.5 Å². The Hall–Kier alpha value is -3.31. The van der Waals surface area contributed by atoms with Crippen LogP contribution in [0.25, 0.3) is 11.1 Å². The van der Waals surface area contributed by atoms with Crippen molar-refractivity contribution in [2.45, 2.75) is 58.8 Å². The van der Waals surface area contributed by atoms with Crippen LogP contribution in [0, 0.1) is 11.7 Å². The molecule has 5 heteroatoms. The minimum atomic E-state index is -0.909. The SMILES string of the molecule is C.O=C(O)c1ccc2c(c1)CCCC(c1ccc(F)c3c1CCC3)=C2c1ccc(CC2CN(CCCF)C2)cc1. The number of aryl methyl sites for hydroxylation is 1. The quantitative estimate of drug-likeness (QED) is 0.315. The molecule has 6 rings (SSSR count). The molecule has 0 unspecified atom stereocenters. The Morgan fingerprint density at radius 2 is 1.62 bits per heavy atom. The number of hydrogen-bond acceptors (Lipinski definition) is 2. The number of halogens is 2. The van der Waals surface area contributed by atoms with Crippen molar-refractivity contribution in [2.24, 2.45) is 5.92 Å². The van der Waals surface area contributed by atoms with Crippen LogP contribution in [0.1, 0.15) is 82.4 Å². The van der Waals surface area contributed by atoms with E-state index in [1.165, 1.54) is 11.1 Å². The lowest BCUT2D eigenvalue weighted by Gasteiger charge is -2.39. The first kappa shape index (κ1) is 28.2. The summed E-state index contributed by atoms with van der Waals surface area (Å²) < 4.78 is 27.1. The van der Waals surface area contributed by atoms with Gasteiger partial charge in [-0.25, -0.2) is 9.18 Å². The maximum atomic E-state index is 14.7. The van der Waals surface area contributed by atoms with Gasteiger partial charge in [-0.3, -0.25) is 4.39 Å². The molecule has 2 aliphatic carbocycles. The Kier molecular flexibility index (Phi) is 8.51. The molecule has 0 radical (unpaired) electrons. The number of carboxylic acid groups (broad SMARTS) is 1. The van der Waals surface area contributed by atoms with Crippen molar-refractivity contribution >= 4 is 17.1 Å². The number of alkyl halides is 1. The summed E-state index contributed by atoms with van der Waals surface area (Å²) in [5, 5.41) is 9.62. The van der Waals surface area contributed by atoms with Gasteiger partial charge in [0.2, 0.25) is 0 Å². The number of likely N-dealkylation sites (tertiary alicyclic amines) is 1. The van der Waals surface area contributed by atoms with Gasteiger partial charge in [0.1, 0.15) is 5.82 Å². The molecule has 3 nitrogen and oxygen atoms in total. The molecule has 0 spiro atoms. The van der Waals surface area contributed by atoms with Crippen molar-refractivity contribution in [1.82, 2.24) is 4.90 Å². The Balaban J connectivity index is 0.00000323. The van der Waals surface area contributed by atoms with E-state index in [1.54, 1.807) is 12.1 Å². The largest absolute Gasteiger partial charge is 0.478 e. The molecule has 1 fully saturated rings. The van der Waals surface area contributed by atoms with Crippen LogP contribution >= 0.6 is 0 Å². The number of aromatic carboxylic acids is 1. The first-order valence-corrected chi connectivity index (χ1v) is 14.3. The summed E-state index contributed by atoms with van der Waals surface area (Å²) in [6, 6.07) is 17.9. The van der Waals surface area contributed by atoms with Crippen LogP contribution in [0.5, 0.6) is 0 Å². The van der Waals surface area contributed by atoms with E-state index in [9.17, 15) is 18.7 Å². The molecule has 40 heavy (non-hydrogen) atoms. The highest BCUT2D eigenvalue weighted by molar-refractivity contribution is 6.01. The average Bonchev–Trinajstić information content (AvgIpc) is 3.34. The van der Waals surface area contributed by atoms with Gasteiger partial charge in [-0.05, 0) is 126 Å². The summed E-state index contributed by atoms with van der Waals surface area (Å²) in [5.74, 6) is -0.398. The molecule has 0 bridgehead atoms. The molecule has 0 saturated carbocycles. The van der Waals surface area contributed by atoms with E-state index < -0.39 is 5.97 Å². The zero-order chi connectivity index (χ0) is 26.9. The molecule has 1 saturated heterocycles. The van der Waals surface area contributed by atoms with Gasteiger partial charge in [0.05, 0.1) is 12.2 Å². The standard InChI is InChI=1S/C34H35F2NO2.CH4/c35-16-3-17-37-20-23(21-37)18-22-8-10-24(11-9-22)33-27-13-12-26(34(38)39)19-25(27)4-1-7-31(33)29-14-15-32(36)30-6-2-5-28(29)30;/h8-15,19,23H,1-7,16-18,20-21H2,(H,38,39);1H4. The van der Waals surface area contributed by atoms with E-state index in [-0.39, 0.29) is 19.9 Å². The van der Waals surface area contributed by atoms with Gasteiger partial charge < -0.3 is 10.0 Å². The molecular formula is C35H39F2NO2. The van der Waals surface area contributed by atoms with Gasteiger partial charge in [-0.2, -0.15) is 0 Å². The average molecular weight is 544 g/mol. The van der Waals surface area contributed by atoms with Crippen LogP contribution in [-0.2, 0) is 25.7 Å². The molecule has 3 aromatic rings. The predicted octanol–water partition coefficient (Wildman–Crippen LogP) is 7.78. The van der Waals surface area contributed by atoms with Crippen LogP contribution in [0.2, 0.25) is 0 Å². The van der Waals surface area contributed by atoms with Crippen LogP contribution in [0.15, 0.2) is 54.6 Å². The van der Waals surface area contributed by atoms with E-state index in [0.717, 1.165) is 104 Å². The zero-order valence-electron chi connectivity index (χ0n) is 22.3. The molecule has 1 aliphatic heterocycles. The zero-order valence-corrected chi connectivity index (χ0v) is 22.3. The fourth-order valence-corrected chi connectivity index (χ4v) is 6.88. The number of carboxylic acids is 1. The predicted molar refractivity (Wildman–Crippen MR) is 158 cm³/mol. The lowest BCUT2D eigenvalue weighted by molar-refractivity contribution is 0.0696. The van der Waals surface area contributed by atoms with Gasteiger partial charge in [0, 0.05) is 19.6 Å². The second-order valence-corrected chi connectivity index (χ2v) is 11.4. The fourth-order valence-electron chi connectivity index (χ4n) is 6.88. The Morgan fingerprint density at radius 3 is 2.38 bits per heavy atom. The highest BCUT2D eigenvalue weighted by Gasteiger charge is 2.28. The molecule has 210 valence electrons. The van der Waals surface area contributed by atoms with Gasteiger partial charge in [0.15, 0.2) is 0 Å². The third-order valence-electron chi connectivity index (χ3n) is 8.76. The summed E-state index contributed by atoms with van der Waals surface area (Å²) >= 11 is 0. The monoisotopic (exact) mass is 543 g/mol. The van der Waals surface area contributed by atoms with Gasteiger partial charge in [-0.1, -0.05) is 43.8 Å². The van der Waals surface area contributed by atoms with Crippen molar-refractivity contribution in [2.75, 3.05) is 26.3 Å². The molecule has 0 amide bonds. The number of allylic oxidation sites excluding steroid dienone is 1. The molecule has 3 aliphatic rings. The molecule has 3 aromatic carbocycles. The lowest BCUT2D eigenvalue weighted by atomic mass is 9.84. The van der Waals surface area contributed by atoms with E-state index >= 15 is 0 Å². The number of benzene rings is 3. The van der Waals surface area contributed by atoms with Crippen molar-refractivity contribution in [3.05, 3.63) is 105 Å². The molecular weight excluding hydrogens is 504 g/mol. The molecule has 0 atom stereocenters. The lowest BCUT2D eigenvalue weighted by Crippen LogP contribution is -2.47. The van der Waals surface area contributed by atoms with Crippen LogP contribution in [0.4, 0.5) is 8.78 Å². The summed E-state index contributed by atoms with van der Waals surface area (Å²) in [5.41, 5.74) is 10.4. The summed E-state index contributed by atoms with van der Waals surface area (Å²) in [6.07, 6.45) is 6.89. The number of nitrogens with zero attached hydrogens (tertiary/aromatic N) is 1. The Labute approximate surface area is 236 Å². The van der Waals surface area contributed by atoms with Crippen molar-refractivity contribution in [3.8, 4) is 0 Å². The normalized spacial score (nSPS) is 17.1. The van der Waals surface area contributed by atoms with E-state index in [0.29, 0.717) is 17.9 Å². The van der Waals surface area contributed by atoms with E-state index in [1.807, 2.05) is 18.2 Å². The first-order valence-electron chi connectivity index (χ1n) is 14.3. The summed E-state index contributed by atoms with van der Waals surface area (Å²) in [6.45, 7) is 2.67. The molecule has 1 N–H and O–H groups in total. The highest BCUT2D eigenvalue weighted by atomic mass is 19.1. The minimum absolute atomic E-state index is 0. The van der Waals surface area contributed by atoms with Crippen LogP contribution in [-0.4, -0.2) is 42.3 Å². The second kappa shape index (κ2) is 12.1. The molecule has 1 heterocycles. The Bertz CT molecular complexity index is 1420. The van der Waals surface area contributed by atoms with Crippen molar-refractivity contribution < 1.29 is 18.7 Å². The number of carbonyl (C=O) groups is 1. The third-order valence-corrected chi connectivity index (χ3v) is 8.76. The number of rotatable bonds is 8. The van der Waals surface area contributed by atoms with Crippen molar-refractivity contribution in [3.63, 3.8) is 0 Å². The first-order chi connectivity index (χ1) is 19.0. The Morgan fingerprint density at radius 1 is 0.900 bits per heavy atom. The van der Waals surface area contributed by atoms with Crippen LogP contribution in [0.3, 0.4) is 0 Å². The number of fused-ring (bicyclic) bond motifs is 2. The molecule has 0 aromatic heterocycles. The maximum Gasteiger partial charge on any atom is 0.335 e. The van der Waals surface area contributed by atoms with Gasteiger partial charge >= 0.3 is 5.97 Å². The second-order valence-electron chi connectivity index (χ2n) is 11.4. The van der Waals surface area contributed by atoms with E-state index in [2.05, 4.69) is 29.2 Å².